The van der Waals surface area contributed by atoms with Gasteiger partial charge in [0.25, 0.3) is 11.8 Å². The average Bonchev–Trinajstić information content (AvgIpc) is 2.62. The van der Waals surface area contributed by atoms with Gasteiger partial charge >= 0.3 is 0 Å². The van der Waals surface area contributed by atoms with Gasteiger partial charge in [-0.2, -0.15) is 0 Å². The first-order valence-electron chi connectivity index (χ1n) is 7.17. The molecule has 5 nitrogen and oxygen atoms in total. The highest BCUT2D eigenvalue weighted by atomic mass is 16.2. The zero-order valence-corrected chi connectivity index (χ0v) is 12.4. The quantitative estimate of drug-likeness (QED) is 0.797. The number of fused-ring (bicyclic) bond motifs is 2. The van der Waals surface area contributed by atoms with E-state index < -0.39 is 0 Å². The largest absolute Gasteiger partial charge is 0.353 e. The molecule has 2 aromatic carbocycles. The Balaban J connectivity index is 1.97. The molecule has 0 spiro atoms. The Kier molecular flexibility index (Phi) is 3.55. The first-order chi connectivity index (χ1) is 10.5. The van der Waals surface area contributed by atoms with Gasteiger partial charge in [0.2, 0.25) is 0 Å². The van der Waals surface area contributed by atoms with Crippen molar-refractivity contribution in [2.75, 3.05) is 10.6 Å². The number of benzene rings is 2. The molecule has 2 amide bonds. The van der Waals surface area contributed by atoms with E-state index >= 15 is 0 Å². The molecule has 0 unspecified atom stereocenters. The van der Waals surface area contributed by atoms with Gasteiger partial charge in [-0.05, 0) is 44.2 Å². The van der Waals surface area contributed by atoms with Crippen molar-refractivity contribution < 1.29 is 9.59 Å². The third-order valence-electron chi connectivity index (χ3n) is 3.39. The highest BCUT2D eigenvalue weighted by Gasteiger charge is 2.19. The molecule has 2 aromatic rings. The van der Waals surface area contributed by atoms with E-state index in [1.165, 1.54) is 0 Å². The molecule has 112 valence electrons. The highest BCUT2D eigenvalue weighted by molar-refractivity contribution is 6.12. The molecule has 22 heavy (non-hydrogen) atoms. The summed E-state index contributed by atoms with van der Waals surface area (Å²) in [6, 6.07) is 12.6. The standard InChI is InChI=1S/C17H17N3O2/c1-10(2)18-16(21)11-7-8-14-15(9-11)20-17(22)12-5-3-4-6-13(12)19-14/h3-10,19H,1-2H3,(H,18,21)(H,20,22). The van der Waals surface area contributed by atoms with E-state index in [0.717, 1.165) is 11.4 Å². The van der Waals surface area contributed by atoms with Crippen molar-refractivity contribution in [2.45, 2.75) is 19.9 Å². The van der Waals surface area contributed by atoms with Gasteiger partial charge in [-0.1, -0.05) is 12.1 Å². The van der Waals surface area contributed by atoms with Crippen LogP contribution in [0.5, 0.6) is 0 Å². The summed E-state index contributed by atoms with van der Waals surface area (Å²) in [5, 5.41) is 8.91. The molecule has 0 saturated heterocycles. The van der Waals surface area contributed by atoms with Crippen molar-refractivity contribution in [3.63, 3.8) is 0 Å². The average molecular weight is 295 g/mol. The van der Waals surface area contributed by atoms with E-state index in [0.29, 0.717) is 16.8 Å². The fourth-order valence-electron chi connectivity index (χ4n) is 2.37. The van der Waals surface area contributed by atoms with Crippen LogP contribution in [-0.2, 0) is 0 Å². The van der Waals surface area contributed by atoms with Crippen molar-refractivity contribution in [3.05, 3.63) is 53.6 Å². The number of amides is 2. The van der Waals surface area contributed by atoms with Gasteiger partial charge in [0.15, 0.2) is 0 Å². The summed E-state index contributed by atoms with van der Waals surface area (Å²) < 4.78 is 0. The van der Waals surface area contributed by atoms with Gasteiger partial charge < -0.3 is 16.0 Å². The van der Waals surface area contributed by atoms with E-state index in [9.17, 15) is 9.59 Å². The van der Waals surface area contributed by atoms with Gasteiger partial charge in [0.1, 0.15) is 0 Å². The lowest BCUT2D eigenvalue weighted by Crippen LogP contribution is -2.30. The Labute approximate surface area is 128 Å². The number of nitrogens with one attached hydrogen (secondary N) is 3. The smallest absolute Gasteiger partial charge is 0.257 e. The normalized spacial score (nSPS) is 12.6. The highest BCUT2D eigenvalue weighted by Crippen LogP contribution is 2.32. The maximum absolute atomic E-state index is 12.3. The fourth-order valence-corrected chi connectivity index (χ4v) is 2.37. The van der Waals surface area contributed by atoms with Crippen LogP contribution in [0.4, 0.5) is 17.1 Å². The second-order valence-corrected chi connectivity index (χ2v) is 5.51. The minimum atomic E-state index is -0.191. The van der Waals surface area contributed by atoms with Crippen LogP contribution in [0.2, 0.25) is 0 Å². The number of hydrogen-bond donors (Lipinski definition) is 3. The number of rotatable bonds is 2. The Bertz CT molecular complexity index is 753. The molecular weight excluding hydrogens is 278 g/mol. The van der Waals surface area contributed by atoms with Crippen molar-refractivity contribution in [1.29, 1.82) is 0 Å². The molecule has 5 heteroatoms. The van der Waals surface area contributed by atoms with E-state index in [-0.39, 0.29) is 17.9 Å². The number of carbonyl (C=O) groups is 2. The van der Waals surface area contributed by atoms with Crippen molar-refractivity contribution in [2.24, 2.45) is 0 Å². The van der Waals surface area contributed by atoms with Gasteiger partial charge in [-0.25, -0.2) is 0 Å². The summed E-state index contributed by atoms with van der Waals surface area (Å²) >= 11 is 0. The maximum atomic E-state index is 12.3. The number of carbonyl (C=O) groups excluding carboxylic acids is 2. The van der Waals surface area contributed by atoms with Crippen LogP contribution in [0.1, 0.15) is 34.6 Å². The Hall–Kier alpha value is -2.82. The molecule has 0 aliphatic carbocycles. The summed E-state index contributed by atoms with van der Waals surface area (Å²) in [7, 11) is 0. The Morgan fingerprint density at radius 3 is 2.55 bits per heavy atom. The van der Waals surface area contributed by atoms with Crippen LogP contribution < -0.4 is 16.0 Å². The molecule has 0 fully saturated rings. The lowest BCUT2D eigenvalue weighted by atomic mass is 10.1. The number of para-hydroxylation sites is 1. The van der Waals surface area contributed by atoms with Crippen LogP contribution in [0, 0.1) is 0 Å². The predicted molar refractivity (Wildman–Crippen MR) is 86.7 cm³/mol. The molecule has 0 bridgehead atoms. The summed E-state index contributed by atoms with van der Waals surface area (Å²) in [5.41, 5.74) is 3.20. The molecule has 3 rings (SSSR count). The van der Waals surface area contributed by atoms with Crippen LogP contribution >= 0.6 is 0 Å². The van der Waals surface area contributed by atoms with Crippen LogP contribution in [0.15, 0.2) is 42.5 Å². The third kappa shape index (κ3) is 2.65. The second kappa shape index (κ2) is 5.52. The molecule has 1 aliphatic heterocycles. The number of hydrogen-bond acceptors (Lipinski definition) is 3. The zero-order chi connectivity index (χ0) is 15.7. The molecule has 3 N–H and O–H groups in total. The zero-order valence-electron chi connectivity index (χ0n) is 12.4. The van der Waals surface area contributed by atoms with Gasteiger partial charge in [0, 0.05) is 11.6 Å². The van der Waals surface area contributed by atoms with E-state index in [1.54, 1.807) is 24.3 Å². The Morgan fingerprint density at radius 1 is 1.00 bits per heavy atom. The minimum Gasteiger partial charge on any atom is -0.353 e. The van der Waals surface area contributed by atoms with Crippen LogP contribution in [-0.4, -0.2) is 17.9 Å². The second-order valence-electron chi connectivity index (χ2n) is 5.51. The molecule has 1 heterocycles. The number of anilines is 3. The van der Waals surface area contributed by atoms with E-state index in [2.05, 4.69) is 16.0 Å². The predicted octanol–water partition coefficient (Wildman–Crippen LogP) is 3.13. The van der Waals surface area contributed by atoms with Crippen molar-refractivity contribution in [1.82, 2.24) is 5.32 Å². The van der Waals surface area contributed by atoms with Gasteiger partial charge in [-0.3, -0.25) is 9.59 Å². The summed E-state index contributed by atoms with van der Waals surface area (Å²) in [6.45, 7) is 3.81. The molecular formula is C17H17N3O2. The van der Waals surface area contributed by atoms with E-state index in [1.807, 2.05) is 32.0 Å². The fraction of sp³-hybridized carbons (Fsp3) is 0.176. The summed E-state index contributed by atoms with van der Waals surface area (Å²) in [6.07, 6.45) is 0. The lowest BCUT2D eigenvalue weighted by Gasteiger charge is -2.12. The van der Waals surface area contributed by atoms with Gasteiger partial charge in [0.05, 0.1) is 22.6 Å². The van der Waals surface area contributed by atoms with E-state index in [4.69, 9.17) is 0 Å². The summed E-state index contributed by atoms with van der Waals surface area (Å²) in [4.78, 5) is 24.4. The van der Waals surface area contributed by atoms with Crippen molar-refractivity contribution >= 4 is 28.9 Å². The first-order valence-corrected chi connectivity index (χ1v) is 7.17. The minimum absolute atomic E-state index is 0.0586. The summed E-state index contributed by atoms with van der Waals surface area (Å²) in [5.74, 6) is -0.350. The third-order valence-corrected chi connectivity index (χ3v) is 3.39. The molecule has 0 saturated carbocycles. The molecule has 0 atom stereocenters. The van der Waals surface area contributed by atoms with Crippen LogP contribution in [0.3, 0.4) is 0 Å². The van der Waals surface area contributed by atoms with Crippen molar-refractivity contribution in [3.8, 4) is 0 Å². The first kappa shape index (κ1) is 14.1. The van der Waals surface area contributed by atoms with Crippen LogP contribution in [0.25, 0.3) is 0 Å². The maximum Gasteiger partial charge on any atom is 0.257 e. The molecule has 0 radical (unpaired) electrons. The molecule has 0 aromatic heterocycles. The lowest BCUT2D eigenvalue weighted by molar-refractivity contribution is 0.0942. The Morgan fingerprint density at radius 2 is 1.77 bits per heavy atom. The SMILES string of the molecule is CC(C)NC(=O)c1ccc2c(c1)NC(=O)c1ccccc1N2. The topological polar surface area (TPSA) is 70.2 Å². The monoisotopic (exact) mass is 295 g/mol. The van der Waals surface area contributed by atoms with Gasteiger partial charge in [-0.15, -0.1) is 0 Å². The molecule has 1 aliphatic rings.